The maximum absolute atomic E-state index is 3.31. The van der Waals surface area contributed by atoms with Crippen LogP contribution in [-0.4, -0.2) is 23.1 Å². The van der Waals surface area contributed by atoms with Gasteiger partial charge in [-0.25, -0.2) is 0 Å². The molecule has 0 fully saturated rings. The Balaban J connectivity index is 2.32. The fourth-order valence-electron chi connectivity index (χ4n) is 0. The monoisotopic (exact) mass is 277 g/mol. The van der Waals surface area contributed by atoms with Crippen molar-refractivity contribution in [1.29, 1.82) is 0 Å². The van der Waals surface area contributed by atoms with Crippen molar-refractivity contribution < 1.29 is 0 Å². The molecule has 0 bridgehead atoms. The van der Waals surface area contributed by atoms with Gasteiger partial charge in [0.05, 0.1) is 0 Å². The Labute approximate surface area is 50.5 Å². The van der Waals surface area contributed by atoms with Crippen molar-refractivity contribution in [3.63, 3.8) is 0 Å². The van der Waals surface area contributed by atoms with Crippen LogP contribution in [0.1, 0.15) is 0 Å². The van der Waals surface area contributed by atoms with E-state index in [0.717, 1.165) is 0 Å². The fourth-order valence-corrected chi connectivity index (χ4v) is 0. The molecule has 3 radical (unpaired) electrons. The molecule has 4 heteroatoms. The van der Waals surface area contributed by atoms with E-state index < -0.39 is 23.1 Å². The van der Waals surface area contributed by atoms with E-state index in [1.807, 2.05) is 0 Å². The minimum absolute atomic E-state index is 1.19. The van der Waals surface area contributed by atoms with Crippen LogP contribution < -0.4 is 0 Å². The summed E-state index contributed by atoms with van der Waals surface area (Å²) in [4.78, 5) is 0. The van der Waals surface area contributed by atoms with Crippen molar-refractivity contribution >= 4 is 52.2 Å². The maximum atomic E-state index is 3.31. The first kappa shape index (κ1) is 6.70. The van der Waals surface area contributed by atoms with Gasteiger partial charge in [-0.2, -0.15) is 0 Å². The van der Waals surface area contributed by atoms with E-state index in [9.17, 15) is 0 Å². The molecule has 23 valence electrons. The Morgan fingerprint density at radius 3 is 1.00 bits per heavy atom. The second-order valence-corrected chi connectivity index (χ2v) is 33.7. The first-order valence-corrected chi connectivity index (χ1v) is 17.2. The van der Waals surface area contributed by atoms with Gasteiger partial charge in [-0.3, -0.25) is 0 Å². The summed E-state index contributed by atoms with van der Waals surface area (Å²) in [5, 5.41) is 0. The molecule has 0 saturated carbocycles. The molecule has 0 rings (SSSR count). The predicted octanol–water partition coefficient (Wildman–Crippen LogP) is 2.16. The van der Waals surface area contributed by atoms with Crippen molar-refractivity contribution in [3.05, 3.63) is 0 Å². The Morgan fingerprint density at radius 1 is 1.00 bits per heavy atom. The molecular formula is Br3Ca. The molecule has 0 aromatic rings. The molecule has 0 aliphatic rings. The molecule has 0 saturated heterocycles. The molecule has 0 amide bonds. The van der Waals surface area contributed by atoms with Crippen LogP contribution in [0.2, 0.25) is 0 Å². The zero-order chi connectivity index (χ0) is 3.58. The molecule has 0 aromatic heterocycles. The molecule has 0 aromatic carbocycles. The Hall–Kier alpha value is 2.70. The van der Waals surface area contributed by atoms with E-state index in [2.05, 4.69) is 29.1 Å². The summed E-state index contributed by atoms with van der Waals surface area (Å²) in [6, 6.07) is 0. The van der Waals surface area contributed by atoms with Crippen LogP contribution in [0, 0.1) is 0 Å². The quantitative estimate of drug-likeness (QED) is 0.596. The van der Waals surface area contributed by atoms with Crippen LogP contribution in [0.4, 0.5) is 0 Å². The van der Waals surface area contributed by atoms with Crippen LogP contribution in [0.25, 0.3) is 0 Å². The van der Waals surface area contributed by atoms with E-state index in [4.69, 9.17) is 0 Å². The third-order valence-corrected chi connectivity index (χ3v) is 0. The normalized spacial score (nSPS) is 9.00. The van der Waals surface area contributed by atoms with Crippen molar-refractivity contribution in [1.82, 2.24) is 0 Å². The molecule has 0 atom stereocenters. The second-order valence-electron chi connectivity index (χ2n) is 0.303. The van der Waals surface area contributed by atoms with Gasteiger partial charge >= 0.3 is 52.2 Å². The topological polar surface area (TPSA) is 0 Å². The Bertz CT molecular complexity index is 8.00. The summed E-state index contributed by atoms with van der Waals surface area (Å²) in [6.07, 6.45) is 0. The molecule has 4 heavy (non-hydrogen) atoms. The average molecular weight is 280 g/mol. The number of halogens is 3. The van der Waals surface area contributed by atoms with Gasteiger partial charge < -0.3 is 0 Å². The molecule has 0 nitrogen and oxygen atoms in total. The fraction of sp³-hybridized carbons (Fsp3) is 0. The summed E-state index contributed by atoms with van der Waals surface area (Å²) in [6.45, 7) is 0. The van der Waals surface area contributed by atoms with Crippen LogP contribution in [0.5, 0.6) is 0 Å². The van der Waals surface area contributed by atoms with Crippen LogP contribution in [0.3, 0.4) is 0 Å². The first-order chi connectivity index (χ1) is 1.73. The predicted molar refractivity (Wildman–Crippen MR) is 32.5 cm³/mol. The second kappa shape index (κ2) is 3.88. The van der Waals surface area contributed by atoms with Crippen molar-refractivity contribution in [2.45, 2.75) is 0 Å². The zero-order valence-electron chi connectivity index (χ0n) is 1.84. The van der Waals surface area contributed by atoms with E-state index >= 15 is 0 Å². The van der Waals surface area contributed by atoms with Gasteiger partial charge in [0, 0.05) is 0 Å². The zero-order valence-corrected chi connectivity index (χ0v) is 8.81. The van der Waals surface area contributed by atoms with Crippen molar-refractivity contribution in [2.24, 2.45) is 0 Å². The Morgan fingerprint density at radius 2 is 1.00 bits per heavy atom. The molecule has 0 N–H and O–H groups in total. The third kappa shape index (κ3) is 8.83. The van der Waals surface area contributed by atoms with Gasteiger partial charge in [-0.15, -0.1) is 0 Å². The molecule has 0 spiro atoms. The summed E-state index contributed by atoms with van der Waals surface area (Å²) in [7, 11) is 9.94. The van der Waals surface area contributed by atoms with Crippen molar-refractivity contribution in [3.8, 4) is 0 Å². The summed E-state index contributed by atoms with van der Waals surface area (Å²) >= 11 is -1.19. The SMILES string of the molecule is [Br][Ca]([Br])[Br]. The molecule has 0 aliphatic heterocycles. The van der Waals surface area contributed by atoms with E-state index in [0.29, 0.717) is 0 Å². The number of rotatable bonds is 0. The van der Waals surface area contributed by atoms with E-state index in [1.165, 1.54) is 0 Å². The summed E-state index contributed by atoms with van der Waals surface area (Å²) in [5.41, 5.74) is 0. The number of hydrogen-bond donors (Lipinski definition) is 0. The molecule has 0 unspecified atom stereocenters. The molecule has 0 aliphatic carbocycles. The van der Waals surface area contributed by atoms with Gasteiger partial charge in [-0.05, 0) is 0 Å². The minimum atomic E-state index is -1.19. The van der Waals surface area contributed by atoms with Gasteiger partial charge in [-0.1, -0.05) is 0 Å². The third-order valence-electron chi connectivity index (χ3n) is 0. The van der Waals surface area contributed by atoms with Crippen LogP contribution in [-0.2, 0) is 0 Å². The van der Waals surface area contributed by atoms with Gasteiger partial charge in [0.25, 0.3) is 0 Å². The average Bonchev–Trinajstić information content (AvgIpc) is 0.811. The van der Waals surface area contributed by atoms with Crippen LogP contribution in [0.15, 0.2) is 0 Å². The Kier molecular flexibility index (Phi) is 6.49. The molecule has 0 heterocycles. The van der Waals surface area contributed by atoms with Crippen LogP contribution >= 0.6 is 29.1 Å². The van der Waals surface area contributed by atoms with Gasteiger partial charge in [0.2, 0.25) is 0 Å². The van der Waals surface area contributed by atoms with E-state index in [1.54, 1.807) is 0 Å². The molecular weight excluding hydrogens is 280 g/mol. The summed E-state index contributed by atoms with van der Waals surface area (Å²) < 4.78 is 0. The first-order valence-electron chi connectivity index (χ1n) is 0.802. The van der Waals surface area contributed by atoms with Gasteiger partial charge in [0.1, 0.15) is 0 Å². The van der Waals surface area contributed by atoms with Gasteiger partial charge in [0.15, 0.2) is 0 Å². The standard InChI is InChI=1S/3BrH.Ca/h3*1H;/q;;;+3/p-3. The van der Waals surface area contributed by atoms with E-state index in [-0.39, 0.29) is 0 Å². The van der Waals surface area contributed by atoms with Crippen molar-refractivity contribution in [2.75, 3.05) is 0 Å². The summed E-state index contributed by atoms with van der Waals surface area (Å²) in [5.74, 6) is 0. The number of hydrogen-bond acceptors (Lipinski definition) is 0.